The Hall–Kier alpha value is -3.92. The topological polar surface area (TPSA) is 115 Å². The van der Waals surface area contributed by atoms with Gasteiger partial charge in [0, 0.05) is 55.8 Å². The fourth-order valence-electron chi connectivity index (χ4n) is 4.58. The SMILES string of the molecule is CN1CCc2cc(-c3ccnc(Nc4cnn(C)c4)n3)ccc2C(CC(=O)c2nnc(C(C)(C)C)o2)C1. The van der Waals surface area contributed by atoms with Crippen molar-refractivity contribution in [1.29, 1.82) is 0 Å². The number of aromatic nitrogens is 6. The van der Waals surface area contributed by atoms with Crippen molar-refractivity contribution in [1.82, 2.24) is 34.8 Å². The van der Waals surface area contributed by atoms with E-state index in [4.69, 9.17) is 9.40 Å². The number of rotatable bonds is 6. The first kappa shape index (κ1) is 24.8. The summed E-state index contributed by atoms with van der Waals surface area (Å²) in [7, 11) is 3.96. The number of benzene rings is 1. The van der Waals surface area contributed by atoms with Crippen LogP contribution in [0.3, 0.4) is 0 Å². The number of carbonyl (C=O) groups excluding carboxylic acids is 1. The smallest absolute Gasteiger partial charge is 0.284 e. The summed E-state index contributed by atoms with van der Waals surface area (Å²) in [6.45, 7) is 7.65. The summed E-state index contributed by atoms with van der Waals surface area (Å²) >= 11 is 0. The molecule has 1 N–H and O–H groups in total. The maximum absolute atomic E-state index is 13.1. The van der Waals surface area contributed by atoms with Gasteiger partial charge in [-0.05, 0) is 36.7 Å². The van der Waals surface area contributed by atoms with E-state index in [1.165, 1.54) is 11.1 Å². The molecule has 1 aliphatic heterocycles. The van der Waals surface area contributed by atoms with Gasteiger partial charge >= 0.3 is 0 Å². The lowest BCUT2D eigenvalue weighted by Gasteiger charge is -2.20. The number of nitrogens with zero attached hydrogens (tertiary/aromatic N) is 7. The molecule has 1 atom stereocenters. The Morgan fingerprint density at radius 3 is 2.76 bits per heavy atom. The lowest BCUT2D eigenvalue weighted by molar-refractivity contribution is 0.0931. The van der Waals surface area contributed by atoms with Gasteiger partial charge in [-0.1, -0.05) is 32.9 Å². The van der Waals surface area contributed by atoms with Crippen LogP contribution in [0.1, 0.15) is 60.8 Å². The summed E-state index contributed by atoms with van der Waals surface area (Å²) in [5.74, 6) is 0.978. The second-order valence-corrected chi connectivity index (χ2v) is 10.7. The van der Waals surface area contributed by atoms with Crippen molar-refractivity contribution in [2.45, 2.75) is 44.9 Å². The number of likely N-dealkylation sites (N-methyl/N-ethyl adjacent to an activating group) is 1. The Kier molecular flexibility index (Phi) is 6.59. The molecule has 0 amide bonds. The van der Waals surface area contributed by atoms with Crippen molar-refractivity contribution in [3.8, 4) is 11.3 Å². The van der Waals surface area contributed by atoms with Gasteiger partial charge in [0.2, 0.25) is 17.6 Å². The van der Waals surface area contributed by atoms with Gasteiger partial charge < -0.3 is 14.6 Å². The maximum Gasteiger partial charge on any atom is 0.284 e. The molecular weight excluding hydrogens is 468 g/mol. The standard InChI is InChI=1S/C27H32N8O2/c1-27(2,3)25-33-32-24(37-25)23(36)13-19-15-34(4)11-9-17-12-18(6-7-21(17)19)22-8-10-28-26(31-22)30-20-14-29-35(5)16-20/h6-8,10,12,14,16,19H,9,11,13,15H2,1-5H3,(H,28,30,31). The monoisotopic (exact) mass is 500 g/mol. The van der Waals surface area contributed by atoms with Gasteiger partial charge in [-0.15, -0.1) is 10.2 Å². The third-order valence-corrected chi connectivity index (χ3v) is 6.53. The molecule has 37 heavy (non-hydrogen) atoms. The molecule has 3 aromatic heterocycles. The molecule has 1 aromatic carbocycles. The Balaban J connectivity index is 1.39. The molecule has 1 aliphatic rings. The van der Waals surface area contributed by atoms with E-state index in [1.807, 2.05) is 40.1 Å². The number of fused-ring (bicyclic) bond motifs is 1. The van der Waals surface area contributed by atoms with Crippen LogP contribution >= 0.6 is 0 Å². The molecular formula is C27H32N8O2. The van der Waals surface area contributed by atoms with Crippen molar-refractivity contribution < 1.29 is 9.21 Å². The third kappa shape index (κ3) is 5.59. The number of aryl methyl sites for hydroxylation is 1. The molecule has 10 nitrogen and oxygen atoms in total. The molecule has 0 bridgehead atoms. The van der Waals surface area contributed by atoms with Crippen LogP contribution in [0.25, 0.3) is 11.3 Å². The zero-order valence-electron chi connectivity index (χ0n) is 21.9. The van der Waals surface area contributed by atoms with E-state index in [2.05, 4.69) is 55.7 Å². The number of nitrogens with one attached hydrogen (secondary N) is 1. The van der Waals surface area contributed by atoms with Crippen molar-refractivity contribution in [3.63, 3.8) is 0 Å². The molecule has 0 saturated heterocycles. The summed E-state index contributed by atoms with van der Waals surface area (Å²) in [5, 5.41) is 15.5. The molecule has 4 heterocycles. The minimum absolute atomic E-state index is 0.0299. The molecule has 0 aliphatic carbocycles. The number of hydrogen-bond acceptors (Lipinski definition) is 9. The Morgan fingerprint density at radius 2 is 2.03 bits per heavy atom. The number of Topliss-reactive ketones (excluding diaryl/α,β-unsaturated/α-hetero) is 1. The van der Waals surface area contributed by atoms with Crippen LogP contribution in [0.2, 0.25) is 0 Å². The van der Waals surface area contributed by atoms with Crippen LogP contribution in [0.15, 0.2) is 47.3 Å². The highest BCUT2D eigenvalue weighted by Crippen LogP contribution is 2.32. The fraction of sp³-hybridized carbons (Fsp3) is 0.407. The summed E-state index contributed by atoms with van der Waals surface area (Å²) in [4.78, 5) is 24.4. The Labute approximate surface area is 216 Å². The van der Waals surface area contributed by atoms with Crippen molar-refractivity contribution in [2.24, 2.45) is 7.05 Å². The molecule has 0 spiro atoms. The molecule has 0 radical (unpaired) electrons. The third-order valence-electron chi connectivity index (χ3n) is 6.53. The number of hydrogen-bond donors (Lipinski definition) is 1. The Bertz CT molecular complexity index is 1420. The molecule has 0 fully saturated rings. The van der Waals surface area contributed by atoms with Gasteiger partial charge in [0.25, 0.3) is 5.89 Å². The van der Waals surface area contributed by atoms with Gasteiger partial charge in [-0.3, -0.25) is 9.48 Å². The molecule has 192 valence electrons. The van der Waals surface area contributed by atoms with Crippen LogP contribution in [0, 0.1) is 0 Å². The van der Waals surface area contributed by atoms with Crippen molar-refractivity contribution >= 4 is 17.4 Å². The van der Waals surface area contributed by atoms with E-state index >= 15 is 0 Å². The number of carbonyl (C=O) groups is 1. The molecule has 1 unspecified atom stereocenters. The fourth-order valence-corrected chi connectivity index (χ4v) is 4.58. The van der Waals surface area contributed by atoms with E-state index in [-0.39, 0.29) is 23.0 Å². The second kappa shape index (κ2) is 9.85. The zero-order chi connectivity index (χ0) is 26.2. The van der Waals surface area contributed by atoms with Gasteiger partial charge in [-0.25, -0.2) is 9.97 Å². The molecule has 0 saturated carbocycles. The van der Waals surface area contributed by atoms with Gasteiger partial charge in [0.15, 0.2) is 0 Å². The summed E-state index contributed by atoms with van der Waals surface area (Å²) < 4.78 is 7.44. The van der Waals surface area contributed by atoms with Crippen molar-refractivity contribution in [3.05, 3.63) is 65.8 Å². The van der Waals surface area contributed by atoms with Crippen LogP contribution < -0.4 is 5.32 Å². The second-order valence-electron chi connectivity index (χ2n) is 10.7. The molecule has 10 heteroatoms. The lowest BCUT2D eigenvalue weighted by atomic mass is 9.88. The normalized spacial score (nSPS) is 16.3. The van der Waals surface area contributed by atoms with Gasteiger partial charge in [0.05, 0.1) is 17.6 Å². The summed E-state index contributed by atoms with van der Waals surface area (Å²) in [6, 6.07) is 8.30. The van der Waals surface area contributed by atoms with E-state index in [0.717, 1.165) is 36.5 Å². The summed E-state index contributed by atoms with van der Waals surface area (Å²) in [6.07, 6.45) is 6.56. The number of anilines is 2. The van der Waals surface area contributed by atoms with Gasteiger partial charge in [-0.2, -0.15) is 5.10 Å². The predicted octanol–water partition coefficient (Wildman–Crippen LogP) is 4.15. The largest absolute Gasteiger partial charge is 0.418 e. The van der Waals surface area contributed by atoms with Crippen molar-refractivity contribution in [2.75, 3.05) is 25.5 Å². The maximum atomic E-state index is 13.1. The average Bonchev–Trinajstić information content (AvgIpc) is 3.48. The van der Waals surface area contributed by atoms with Gasteiger partial charge in [0.1, 0.15) is 0 Å². The average molecular weight is 501 g/mol. The highest BCUT2D eigenvalue weighted by atomic mass is 16.4. The zero-order valence-corrected chi connectivity index (χ0v) is 21.9. The minimum atomic E-state index is -0.300. The van der Waals surface area contributed by atoms with E-state index in [9.17, 15) is 4.79 Å². The lowest BCUT2D eigenvalue weighted by Crippen LogP contribution is -2.25. The Morgan fingerprint density at radius 1 is 1.19 bits per heavy atom. The van der Waals surface area contributed by atoms with Crippen LogP contribution in [-0.4, -0.2) is 60.8 Å². The first-order valence-corrected chi connectivity index (χ1v) is 12.4. The van der Waals surface area contributed by atoms with E-state index in [0.29, 0.717) is 18.3 Å². The quantitative estimate of drug-likeness (QED) is 0.390. The predicted molar refractivity (Wildman–Crippen MR) is 140 cm³/mol. The molecule has 4 aromatic rings. The van der Waals surface area contributed by atoms with Crippen LogP contribution in [0.4, 0.5) is 11.6 Å². The minimum Gasteiger partial charge on any atom is -0.418 e. The molecule has 5 rings (SSSR count). The summed E-state index contributed by atoms with van der Waals surface area (Å²) in [5.41, 5.74) is 4.77. The van der Waals surface area contributed by atoms with E-state index < -0.39 is 0 Å². The highest BCUT2D eigenvalue weighted by Gasteiger charge is 2.28. The number of ketones is 1. The van der Waals surface area contributed by atoms with E-state index in [1.54, 1.807) is 17.1 Å². The first-order valence-electron chi connectivity index (χ1n) is 12.4. The van der Waals surface area contributed by atoms with Crippen LogP contribution in [0.5, 0.6) is 0 Å². The van der Waals surface area contributed by atoms with Crippen LogP contribution in [-0.2, 0) is 18.9 Å². The highest BCUT2D eigenvalue weighted by molar-refractivity contribution is 5.92. The first-order chi connectivity index (χ1) is 17.7.